The van der Waals surface area contributed by atoms with Crippen LogP contribution in [0.4, 0.5) is 0 Å². The highest BCUT2D eigenvalue weighted by Gasteiger charge is 2.15. The van der Waals surface area contributed by atoms with Gasteiger partial charge in [0.2, 0.25) is 0 Å². The molecule has 5 nitrogen and oxygen atoms in total. The molecule has 1 aromatic rings. The summed E-state index contributed by atoms with van der Waals surface area (Å²) in [6.45, 7) is 2.49. The van der Waals surface area contributed by atoms with E-state index in [0.29, 0.717) is 0 Å². The second-order valence-electron chi connectivity index (χ2n) is 3.33. The normalized spacial score (nSPS) is 11.2. The van der Waals surface area contributed by atoms with Gasteiger partial charge >= 0.3 is 0 Å². The molecule has 86 valence electrons. The van der Waals surface area contributed by atoms with E-state index in [0.717, 1.165) is 12.1 Å². The van der Waals surface area contributed by atoms with Crippen LogP contribution in [0.3, 0.4) is 0 Å². The van der Waals surface area contributed by atoms with Crippen molar-refractivity contribution in [3.05, 3.63) is 29.3 Å². The average Bonchev–Trinajstić information content (AvgIpc) is 2.15. The maximum atomic E-state index is 11.1. The third kappa shape index (κ3) is 2.74. The standard InChI is InChI=1S/C10H10O5S/c1-6(11)8-3-9(7(2)12)5-10(4-8)16(13,14)15/h3-5H,1-2H3,(H,13,14,15). The van der Waals surface area contributed by atoms with E-state index in [2.05, 4.69) is 0 Å². The Kier molecular flexibility index (Phi) is 3.25. The molecule has 0 fully saturated rings. The van der Waals surface area contributed by atoms with Gasteiger partial charge in [0.25, 0.3) is 10.1 Å². The van der Waals surface area contributed by atoms with Gasteiger partial charge in [0.15, 0.2) is 11.6 Å². The minimum atomic E-state index is -4.42. The van der Waals surface area contributed by atoms with Gasteiger partial charge < -0.3 is 0 Å². The van der Waals surface area contributed by atoms with Gasteiger partial charge in [0, 0.05) is 11.1 Å². The van der Waals surface area contributed by atoms with Crippen LogP contribution < -0.4 is 0 Å². The third-order valence-corrected chi connectivity index (χ3v) is 2.85. The molecule has 6 heteroatoms. The maximum Gasteiger partial charge on any atom is 0.294 e. The van der Waals surface area contributed by atoms with Crippen molar-refractivity contribution in [3.63, 3.8) is 0 Å². The molecule has 0 spiro atoms. The minimum absolute atomic E-state index is 0.0697. The zero-order valence-corrected chi connectivity index (χ0v) is 9.54. The Bertz CT molecular complexity index is 524. The molecule has 0 radical (unpaired) electrons. The second-order valence-corrected chi connectivity index (χ2v) is 4.76. The largest absolute Gasteiger partial charge is 0.295 e. The zero-order chi connectivity index (χ0) is 12.5. The summed E-state index contributed by atoms with van der Waals surface area (Å²) in [4.78, 5) is 21.8. The van der Waals surface area contributed by atoms with Gasteiger partial charge in [-0.25, -0.2) is 0 Å². The van der Waals surface area contributed by atoms with Crippen molar-refractivity contribution in [1.82, 2.24) is 0 Å². The first kappa shape index (κ1) is 12.5. The fourth-order valence-corrected chi connectivity index (χ4v) is 1.71. The lowest BCUT2D eigenvalue weighted by Crippen LogP contribution is -2.05. The molecule has 0 aliphatic carbocycles. The van der Waals surface area contributed by atoms with Crippen molar-refractivity contribution in [1.29, 1.82) is 0 Å². The summed E-state index contributed by atoms with van der Waals surface area (Å²) in [5, 5.41) is 0. The molecule has 0 bridgehead atoms. The Labute approximate surface area is 92.8 Å². The number of carbonyl (C=O) groups is 2. The van der Waals surface area contributed by atoms with Crippen LogP contribution >= 0.6 is 0 Å². The van der Waals surface area contributed by atoms with Crippen LogP contribution in [-0.2, 0) is 10.1 Å². The molecule has 0 aromatic heterocycles. The topological polar surface area (TPSA) is 88.5 Å². The van der Waals surface area contributed by atoms with E-state index in [-0.39, 0.29) is 22.7 Å². The molecule has 0 saturated heterocycles. The number of hydrogen-bond donors (Lipinski definition) is 1. The fraction of sp³-hybridized carbons (Fsp3) is 0.200. The summed E-state index contributed by atoms with van der Waals surface area (Å²) < 4.78 is 30.7. The van der Waals surface area contributed by atoms with Gasteiger partial charge in [-0.05, 0) is 32.0 Å². The smallest absolute Gasteiger partial charge is 0.294 e. The molecule has 0 heterocycles. The highest BCUT2D eigenvalue weighted by atomic mass is 32.2. The SMILES string of the molecule is CC(=O)c1cc(C(C)=O)cc(S(=O)(=O)O)c1. The predicted molar refractivity (Wildman–Crippen MR) is 56.3 cm³/mol. The van der Waals surface area contributed by atoms with E-state index < -0.39 is 15.0 Å². The summed E-state index contributed by atoms with van der Waals surface area (Å²) in [6.07, 6.45) is 0. The molecule has 0 amide bonds. The lowest BCUT2D eigenvalue weighted by atomic mass is 10.1. The third-order valence-electron chi connectivity index (χ3n) is 2.02. The van der Waals surface area contributed by atoms with Crippen LogP contribution in [0, 0.1) is 0 Å². The first-order valence-electron chi connectivity index (χ1n) is 4.36. The molecule has 16 heavy (non-hydrogen) atoms. The first-order chi connectivity index (χ1) is 7.21. The van der Waals surface area contributed by atoms with Gasteiger partial charge in [0.05, 0.1) is 4.90 Å². The van der Waals surface area contributed by atoms with Crippen molar-refractivity contribution in [2.45, 2.75) is 18.7 Å². The molecule has 1 N–H and O–H groups in total. The number of benzene rings is 1. The molecule has 0 atom stereocenters. The monoisotopic (exact) mass is 242 g/mol. The Balaban J connectivity index is 3.54. The molecule has 0 unspecified atom stereocenters. The van der Waals surface area contributed by atoms with E-state index in [4.69, 9.17) is 4.55 Å². The number of rotatable bonds is 3. The van der Waals surface area contributed by atoms with E-state index in [1.54, 1.807) is 0 Å². The van der Waals surface area contributed by atoms with Gasteiger partial charge in [-0.3, -0.25) is 14.1 Å². The van der Waals surface area contributed by atoms with Crippen LogP contribution in [0.25, 0.3) is 0 Å². The van der Waals surface area contributed by atoms with Crippen LogP contribution in [0.15, 0.2) is 23.1 Å². The van der Waals surface area contributed by atoms with Crippen molar-refractivity contribution < 1.29 is 22.6 Å². The highest BCUT2D eigenvalue weighted by Crippen LogP contribution is 2.16. The van der Waals surface area contributed by atoms with Crippen molar-refractivity contribution in [2.75, 3.05) is 0 Å². The van der Waals surface area contributed by atoms with Crippen LogP contribution in [0.1, 0.15) is 34.6 Å². The quantitative estimate of drug-likeness (QED) is 0.638. The lowest BCUT2D eigenvalue weighted by Gasteiger charge is -2.03. The van der Waals surface area contributed by atoms with Gasteiger partial charge in [-0.2, -0.15) is 8.42 Å². The fourth-order valence-electron chi connectivity index (χ4n) is 1.15. The maximum absolute atomic E-state index is 11.1. The van der Waals surface area contributed by atoms with Gasteiger partial charge in [-0.15, -0.1) is 0 Å². The van der Waals surface area contributed by atoms with E-state index in [9.17, 15) is 18.0 Å². The molecule has 0 aliphatic rings. The number of ketones is 2. The molecule has 0 saturated carbocycles. The van der Waals surface area contributed by atoms with Crippen LogP contribution in [0.5, 0.6) is 0 Å². The van der Waals surface area contributed by atoms with Crippen LogP contribution in [0.2, 0.25) is 0 Å². The molecule has 1 aromatic carbocycles. The second kappa shape index (κ2) is 4.15. The number of hydrogen-bond acceptors (Lipinski definition) is 4. The van der Waals surface area contributed by atoms with Crippen molar-refractivity contribution in [3.8, 4) is 0 Å². The van der Waals surface area contributed by atoms with Gasteiger partial charge in [0.1, 0.15) is 0 Å². The summed E-state index contributed by atoms with van der Waals surface area (Å²) in [7, 11) is -4.42. The first-order valence-corrected chi connectivity index (χ1v) is 5.80. The van der Waals surface area contributed by atoms with Gasteiger partial charge in [-0.1, -0.05) is 0 Å². The summed E-state index contributed by atoms with van der Waals surface area (Å²) in [5.74, 6) is -0.763. The Morgan fingerprint density at radius 2 is 1.38 bits per heavy atom. The van der Waals surface area contributed by atoms with E-state index in [1.165, 1.54) is 19.9 Å². The molecule has 0 aliphatic heterocycles. The molecule has 1 rings (SSSR count). The van der Waals surface area contributed by atoms with E-state index in [1.807, 2.05) is 0 Å². The molecular formula is C10H10O5S. The number of carbonyl (C=O) groups excluding carboxylic acids is 2. The van der Waals surface area contributed by atoms with Crippen molar-refractivity contribution in [2.24, 2.45) is 0 Å². The highest BCUT2D eigenvalue weighted by molar-refractivity contribution is 7.85. The molecular weight excluding hydrogens is 232 g/mol. The van der Waals surface area contributed by atoms with E-state index >= 15 is 0 Å². The summed E-state index contributed by atoms with van der Waals surface area (Å²) in [6, 6.07) is 3.35. The Morgan fingerprint density at radius 3 is 1.62 bits per heavy atom. The average molecular weight is 242 g/mol. The Hall–Kier alpha value is -1.53. The summed E-state index contributed by atoms with van der Waals surface area (Å²) in [5.41, 5.74) is 0.139. The predicted octanol–water partition coefficient (Wildman–Crippen LogP) is 1.34. The number of Topliss-reactive ketones (excluding diaryl/α,β-unsaturated/α-hetero) is 2. The van der Waals surface area contributed by atoms with Crippen molar-refractivity contribution >= 4 is 21.7 Å². The van der Waals surface area contributed by atoms with Crippen LogP contribution in [-0.4, -0.2) is 24.5 Å². The Morgan fingerprint density at radius 1 is 1.00 bits per heavy atom. The lowest BCUT2D eigenvalue weighted by molar-refractivity contribution is 0.101. The summed E-state index contributed by atoms with van der Waals surface area (Å²) >= 11 is 0. The minimum Gasteiger partial charge on any atom is -0.295 e. The zero-order valence-electron chi connectivity index (χ0n) is 8.72.